The Morgan fingerprint density at radius 1 is 1.22 bits per heavy atom. The van der Waals surface area contributed by atoms with Gasteiger partial charge in [-0.05, 0) is 38.2 Å². The Morgan fingerprint density at radius 2 is 1.91 bits per heavy atom. The summed E-state index contributed by atoms with van der Waals surface area (Å²) in [6.07, 6.45) is 6.15. The molecule has 1 aromatic rings. The number of carboxylic acids is 1. The van der Waals surface area contributed by atoms with Crippen molar-refractivity contribution in [3.8, 4) is 0 Å². The van der Waals surface area contributed by atoms with Crippen LogP contribution in [0.1, 0.15) is 59.9 Å². The number of fused-ring (bicyclic) bond motifs is 1. The number of carbonyl (C=O) groups excluding carboxylic acids is 2. The molecule has 2 heterocycles. The number of aromatic nitrogens is 1. The first-order chi connectivity index (χ1) is 10.9. The molecule has 6 heteroatoms. The largest absolute Gasteiger partial charge is 0.480 e. The van der Waals surface area contributed by atoms with Crippen LogP contribution in [0.25, 0.3) is 0 Å². The van der Waals surface area contributed by atoms with Crippen LogP contribution in [0.15, 0.2) is 12.3 Å². The maximum absolute atomic E-state index is 13.0. The molecule has 1 saturated carbocycles. The number of carbonyl (C=O) groups is 3. The van der Waals surface area contributed by atoms with Crippen LogP contribution in [0.4, 0.5) is 0 Å². The minimum Gasteiger partial charge on any atom is -0.480 e. The van der Waals surface area contributed by atoms with Gasteiger partial charge in [0.25, 0.3) is 5.91 Å². The Morgan fingerprint density at radius 3 is 2.52 bits per heavy atom. The van der Waals surface area contributed by atoms with Crippen molar-refractivity contribution in [3.63, 3.8) is 0 Å². The number of hydrogen-bond donors (Lipinski definition) is 1. The van der Waals surface area contributed by atoms with E-state index in [1.54, 1.807) is 28.8 Å². The highest BCUT2D eigenvalue weighted by atomic mass is 16.4. The summed E-state index contributed by atoms with van der Waals surface area (Å²) in [5.41, 5.74) is 0.856. The molecular weight excluding hydrogens is 296 g/mol. The number of rotatable bonds is 3. The predicted molar refractivity (Wildman–Crippen MR) is 83.4 cm³/mol. The topological polar surface area (TPSA) is 79.6 Å². The Balaban J connectivity index is 1.95. The molecule has 2 aliphatic rings. The number of nitrogens with zero attached hydrogens (tertiary/aromatic N) is 2. The number of Topliss-reactive ketones (excluding diaryl/α,β-unsaturated/α-hetero) is 1. The number of aryl methyl sites for hydroxylation is 1. The SMILES string of the molecule is CC(=O)c1cc(C(=O)N2C(C(=O)O)CC3CCCCC32)n(C)c1. The normalized spacial score (nSPS) is 26.9. The van der Waals surface area contributed by atoms with Crippen LogP contribution in [0.5, 0.6) is 0 Å². The summed E-state index contributed by atoms with van der Waals surface area (Å²) in [4.78, 5) is 37.7. The van der Waals surface area contributed by atoms with E-state index >= 15 is 0 Å². The molecule has 2 fully saturated rings. The van der Waals surface area contributed by atoms with Crippen molar-refractivity contribution in [2.24, 2.45) is 13.0 Å². The van der Waals surface area contributed by atoms with Crippen LogP contribution in [0, 0.1) is 5.92 Å². The zero-order valence-electron chi connectivity index (χ0n) is 13.5. The Bertz CT molecular complexity index is 664. The standard InChI is InChI=1S/C17H22N2O4/c1-10(20)12-8-14(18(2)9-12)16(21)19-13-6-4-3-5-11(13)7-15(19)17(22)23/h8-9,11,13,15H,3-7H2,1-2H3,(H,22,23). The summed E-state index contributed by atoms with van der Waals surface area (Å²) in [7, 11) is 1.71. The molecule has 23 heavy (non-hydrogen) atoms. The van der Waals surface area contributed by atoms with Crippen LogP contribution in [0.2, 0.25) is 0 Å². The second kappa shape index (κ2) is 5.83. The smallest absolute Gasteiger partial charge is 0.326 e. The van der Waals surface area contributed by atoms with Crippen molar-refractivity contribution >= 4 is 17.7 Å². The van der Waals surface area contributed by atoms with E-state index in [-0.39, 0.29) is 23.7 Å². The van der Waals surface area contributed by atoms with Crippen molar-refractivity contribution in [1.82, 2.24) is 9.47 Å². The molecule has 3 rings (SSSR count). The Hall–Kier alpha value is -2.11. The number of carboxylic acid groups (broad SMARTS) is 1. The van der Waals surface area contributed by atoms with E-state index in [1.807, 2.05) is 0 Å². The molecule has 1 aliphatic carbocycles. The van der Waals surface area contributed by atoms with Crippen molar-refractivity contribution < 1.29 is 19.5 Å². The fourth-order valence-corrected chi connectivity index (χ4v) is 4.07. The van der Waals surface area contributed by atoms with Crippen molar-refractivity contribution in [2.45, 2.75) is 51.1 Å². The summed E-state index contributed by atoms with van der Waals surface area (Å²) in [6, 6.07) is 0.819. The predicted octanol–water partition coefficient (Wildman–Crippen LogP) is 2.09. The highest BCUT2D eigenvalue weighted by Crippen LogP contribution is 2.40. The molecule has 1 aromatic heterocycles. The van der Waals surface area contributed by atoms with E-state index in [1.165, 1.54) is 6.92 Å². The first kappa shape index (κ1) is 15.8. The number of amides is 1. The summed E-state index contributed by atoms with van der Waals surface area (Å²) in [6.45, 7) is 1.46. The molecule has 1 amide bonds. The van der Waals surface area contributed by atoms with Crippen molar-refractivity contribution in [1.29, 1.82) is 0 Å². The lowest BCUT2D eigenvalue weighted by molar-refractivity contribution is -0.141. The number of hydrogen-bond acceptors (Lipinski definition) is 3. The first-order valence-electron chi connectivity index (χ1n) is 8.13. The molecule has 0 bridgehead atoms. The zero-order chi connectivity index (χ0) is 16.7. The third kappa shape index (κ3) is 2.66. The summed E-state index contributed by atoms with van der Waals surface area (Å²) >= 11 is 0. The average Bonchev–Trinajstić information content (AvgIpc) is 3.07. The molecule has 6 nitrogen and oxygen atoms in total. The van der Waals surface area contributed by atoms with Gasteiger partial charge in [0, 0.05) is 24.8 Å². The lowest BCUT2D eigenvalue weighted by Crippen LogP contribution is -2.46. The first-order valence-corrected chi connectivity index (χ1v) is 8.13. The van der Waals surface area contributed by atoms with Gasteiger partial charge in [0.15, 0.2) is 5.78 Å². The van der Waals surface area contributed by atoms with Gasteiger partial charge >= 0.3 is 5.97 Å². The highest BCUT2D eigenvalue weighted by Gasteiger charge is 2.48. The second-order valence-corrected chi connectivity index (χ2v) is 6.70. The van der Waals surface area contributed by atoms with Crippen molar-refractivity contribution in [2.75, 3.05) is 0 Å². The Kier molecular flexibility index (Phi) is 4.00. The highest BCUT2D eigenvalue weighted by molar-refractivity contribution is 6.00. The maximum Gasteiger partial charge on any atom is 0.326 e. The Labute approximate surface area is 135 Å². The van der Waals surface area contributed by atoms with E-state index in [9.17, 15) is 19.5 Å². The molecule has 3 atom stereocenters. The van der Waals surface area contributed by atoms with Gasteiger partial charge in [-0.15, -0.1) is 0 Å². The van der Waals surface area contributed by atoms with Gasteiger partial charge in [-0.2, -0.15) is 0 Å². The van der Waals surface area contributed by atoms with Gasteiger partial charge < -0.3 is 14.6 Å². The monoisotopic (exact) mass is 318 g/mol. The second-order valence-electron chi connectivity index (χ2n) is 6.70. The van der Waals surface area contributed by atoms with Gasteiger partial charge in [0.1, 0.15) is 11.7 Å². The van der Waals surface area contributed by atoms with Crippen LogP contribution < -0.4 is 0 Å². The van der Waals surface area contributed by atoms with Crippen LogP contribution in [-0.4, -0.2) is 44.3 Å². The van der Waals surface area contributed by atoms with Gasteiger partial charge in [-0.25, -0.2) is 4.79 Å². The average molecular weight is 318 g/mol. The molecule has 1 N–H and O–H groups in total. The zero-order valence-corrected chi connectivity index (χ0v) is 13.5. The quantitative estimate of drug-likeness (QED) is 0.865. The third-order valence-electron chi connectivity index (χ3n) is 5.24. The molecule has 0 aromatic carbocycles. The summed E-state index contributed by atoms with van der Waals surface area (Å²) in [5, 5.41) is 9.53. The van der Waals surface area contributed by atoms with Gasteiger partial charge in [0.2, 0.25) is 0 Å². The number of aliphatic carboxylic acids is 1. The van der Waals surface area contributed by atoms with Crippen molar-refractivity contribution in [3.05, 3.63) is 23.5 Å². The summed E-state index contributed by atoms with van der Waals surface area (Å²) < 4.78 is 1.62. The minimum atomic E-state index is -0.936. The molecule has 1 saturated heterocycles. The maximum atomic E-state index is 13.0. The van der Waals surface area contributed by atoms with Crippen LogP contribution >= 0.6 is 0 Å². The lowest BCUT2D eigenvalue weighted by atomic mass is 9.84. The molecule has 0 spiro atoms. The summed E-state index contributed by atoms with van der Waals surface area (Å²) in [5.74, 6) is -1.04. The van der Waals surface area contributed by atoms with Crippen LogP contribution in [0.3, 0.4) is 0 Å². The number of likely N-dealkylation sites (tertiary alicyclic amines) is 1. The fourth-order valence-electron chi connectivity index (χ4n) is 4.07. The van der Waals surface area contributed by atoms with E-state index in [4.69, 9.17) is 0 Å². The number of ketones is 1. The minimum absolute atomic E-state index is 0.00743. The van der Waals surface area contributed by atoms with Crippen LogP contribution in [-0.2, 0) is 11.8 Å². The third-order valence-corrected chi connectivity index (χ3v) is 5.24. The van der Waals surface area contributed by atoms with E-state index < -0.39 is 12.0 Å². The van der Waals surface area contributed by atoms with Gasteiger partial charge in [-0.3, -0.25) is 9.59 Å². The molecule has 0 radical (unpaired) electrons. The van der Waals surface area contributed by atoms with E-state index in [0.29, 0.717) is 17.7 Å². The van der Waals surface area contributed by atoms with E-state index in [0.717, 1.165) is 25.7 Å². The lowest BCUT2D eigenvalue weighted by Gasteiger charge is -2.33. The van der Waals surface area contributed by atoms with Gasteiger partial charge in [0.05, 0.1) is 0 Å². The molecule has 3 unspecified atom stereocenters. The molecule has 124 valence electrons. The van der Waals surface area contributed by atoms with Gasteiger partial charge in [-0.1, -0.05) is 12.8 Å². The van der Waals surface area contributed by atoms with E-state index in [2.05, 4.69) is 0 Å². The molecular formula is C17H22N2O4. The fraction of sp³-hybridized carbons (Fsp3) is 0.588. The molecule has 1 aliphatic heterocycles.